The van der Waals surface area contributed by atoms with Gasteiger partial charge in [0.1, 0.15) is 30.5 Å². The Morgan fingerprint density at radius 1 is 0.583 bits per heavy atom. The van der Waals surface area contributed by atoms with Crippen LogP contribution in [-0.4, -0.2) is 62.1 Å². The summed E-state index contributed by atoms with van der Waals surface area (Å²) in [5.41, 5.74) is 5.23. The van der Waals surface area contributed by atoms with Crippen molar-refractivity contribution in [2.45, 2.75) is 36.6 Å². The van der Waals surface area contributed by atoms with Gasteiger partial charge in [0.25, 0.3) is 0 Å². The molecule has 2 unspecified atom stereocenters. The second-order valence-corrected chi connectivity index (χ2v) is 3.03. The molecule has 0 aromatic heterocycles. The molecule has 7 N–H and O–H groups in total. The summed E-state index contributed by atoms with van der Waals surface area (Å²) < 4.78 is 0. The Labute approximate surface area is 68.9 Å². The summed E-state index contributed by atoms with van der Waals surface area (Å²) in [6.45, 7) is 0. The van der Waals surface area contributed by atoms with Crippen LogP contribution in [0.25, 0.3) is 0 Å². The molecule has 0 saturated heterocycles. The lowest BCUT2D eigenvalue weighted by Crippen LogP contribution is -2.66. The maximum absolute atomic E-state index is 9.10. The molecule has 72 valence electrons. The van der Waals surface area contributed by atoms with Crippen molar-refractivity contribution in [3.63, 3.8) is 0 Å². The van der Waals surface area contributed by atoms with Gasteiger partial charge in [0.05, 0.1) is 6.04 Å². The SMILES string of the molecule is NC1[C@@H](O)[C@H](O)C(O)[C@H](O)[C@@H]1O. The lowest BCUT2D eigenvalue weighted by atomic mass is 9.84. The van der Waals surface area contributed by atoms with Crippen LogP contribution in [0.3, 0.4) is 0 Å². The van der Waals surface area contributed by atoms with Crippen LogP contribution in [0, 0.1) is 0 Å². The summed E-state index contributed by atoms with van der Waals surface area (Å²) >= 11 is 0. The first-order valence-electron chi connectivity index (χ1n) is 3.62. The Hall–Kier alpha value is -0.240. The molecular formula is C6H13NO5. The van der Waals surface area contributed by atoms with Crippen molar-refractivity contribution in [1.82, 2.24) is 0 Å². The number of hydrogen-bond acceptors (Lipinski definition) is 6. The van der Waals surface area contributed by atoms with Crippen LogP contribution >= 0.6 is 0 Å². The molecule has 0 amide bonds. The van der Waals surface area contributed by atoms with Crippen molar-refractivity contribution in [2.24, 2.45) is 5.73 Å². The predicted octanol–water partition coefficient (Wildman–Crippen LogP) is -3.87. The molecule has 0 aliphatic heterocycles. The fraction of sp³-hybridized carbons (Fsp3) is 1.00. The smallest absolute Gasteiger partial charge is 0.111 e. The molecular weight excluding hydrogens is 166 g/mol. The standard InChI is InChI=1S/C6H13NO5/c7-1-2(8)4(10)6(12)5(11)3(1)9/h1-6,8-12H,7H2/t1?,2-,3-,4-,5+,6?/m1/s1. The van der Waals surface area contributed by atoms with E-state index in [2.05, 4.69) is 0 Å². The molecule has 0 aromatic carbocycles. The molecule has 1 aliphatic rings. The summed E-state index contributed by atoms with van der Waals surface area (Å²) in [5, 5.41) is 45.3. The van der Waals surface area contributed by atoms with E-state index in [9.17, 15) is 0 Å². The van der Waals surface area contributed by atoms with Crippen LogP contribution < -0.4 is 5.73 Å². The third kappa shape index (κ3) is 1.33. The summed E-state index contributed by atoms with van der Waals surface area (Å²) in [4.78, 5) is 0. The van der Waals surface area contributed by atoms with Crippen molar-refractivity contribution < 1.29 is 25.5 Å². The van der Waals surface area contributed by atoms with Gasteiger partial charge in [-0.15, -0.1) is 0 Å². The van der Waals surface area contributed by atoms with Crippen molar-refractivity contribution in [3.8, 4) is 0 Å². The van der Waals surface area contributed by atoms with Crippen molar-refractivity contribution in [3.05, 3.63) is 0 Å². The topological polar surface area (TPSA) is 127 Å². The van der Waals surface area contributed by atoms with E-state index in [1.54, 1.807) is 0 Å². The molecule has 12 heavy (non-hydrogen) atoms. The van der Waals surface area contributed by atoms with Crippen LogP contribution in [-0.2, 0) is 0 Å². The largest absolute Gasteiger partial charge is 0.389 e. The number of aliphatic hydroxyl groups excluding tert-OH is 5. The highest BCUT2D eigenvalue weighted by Gasteiger charge is 2.46. The summed E-state index contributed by atoms with van der Waals surface area (Å²) in [6.07, 6.45) is -7.43. The van der Waals surface area contributed by atoms with Gasteiger partial charge in [-0.25, -0.2) is 0 Å². The second kappa shape index (κ2) is 3.25. The fourth-order valence-corrected chi connectivity index (χ4v) is 1.26. The van der Waals surface area contributed by atoms with Crippen LogP contribution in [0.15, 0.2) is 0 Å². The first-order valence-corrected chi connectivity index (χ1v) is 3.62. The van der Waals surface area contributed by atoms with Gasteiger partial charge in [0.2, 0.25) is 0 Å². The molecule has 1 rings (SSSR count). The van der Waals surface area contributed by atoms with Crippen molar-refractivity contribution in [2.75, 3.05) is 0 Å². The highest BCUT2D eigenvalue weighted by atomic mass is 16.4. The van der Waals surface area contributed by atoms with E-state index in [0.717, 1.165) is 0 Å². The van der Waals surface area contributed by atoms with E-state index in [0.29, 0.717) is 0 Å². The average Bonchev–Trinajstić information content (AvgIpc) is 2.08. The molecule has 0 heterocycles. The highest BCUT2D eigenvalue weighted by Crippen LogP contribution is 2.19. The summed E-state index contributed by atoms with van der Waals surface area (Å²) in [7, 11) is 0. The molecule has 6 nitrogen and oxygen atoms in total. The van der Waals surface area contributed by atoms with E-state index in [1.165, 1.54) is 0 Å². The Bertz CT molecular complexity index is 107. The zero-order valence-corrected chi connectivity index (χ0v) is 6.28. The Kier molecular flexibility index (Phi) is 2.67. The van der Waals surface area contributed by atoms with Crippen LogP contribution in [0.5, 0.6) is 0 Å². The van der Waals surface area contributed by atoms with Crippen molar-refractivity contribution >= 4 is 0 Å². The number of hydrogen-bond donors (Lipinski definition) is 6. The molecule has 6 atom stereocenters. The third-order valence-corrected chi connectivity index (χ3v) is 2.19. The van der Waals surface area contributed by atoms with E-state index in [-0.39, 0.29) is 0 Å². The molecule has 1 fully saturated rings. The van der Waals surface area contributed by atoms with Gasteiger partial charge in [0.15, 0.2) is 0 Å². The highest BCUT2D eigenvalue weighted by molar-refractivity contribution is 5.00. The van der Waals surface area contributed by atoms with Gasteiger partial charge in [-0.2, -0.15) is 0 Å². The lowest BCUT2D eigenvalue weighted by molar-refractivity contribution is -0.184. The minimum atomic E-state index is -1.56. The molecule has 6 heteroatoms. The number of rotatable bonds is 0. The molecule has 0 spiro atoms. The normalized spacial score (nSPS) is 55.5. The van der Waals surface area contributed by atoms with Crippen LogP contribution in [0.2, 0.25) is 0 Å². The summed E-state index contributed by atoms with van der Waals surface area (Å²) in [6, 6.07) is -1.14. The summed E-state index contributed by atoms with van der Waals surface area (Å²) in [5.74, 6) is 0. The van der Waals surface area contributed by atoms with Gasteiger partial charge in [-0.1, -0.05) is 0 Å². The zero-order valence-electron chi connectivity index (χ0n) is 6.28. The second-order valence-electron chi connectivity index (χ2n) is 3.03. The fourth-order valence-electron chi connectivity index (χ4n) is 1.26. The third-order valence-electron chi connectivity index (χ3n) is 2.19. The molecule has 0 radical (unpaired) electrons. The molecule has 0 aromatic rings. The van der Waals surface area contributed by atoms with E-state index in [1.807, 2.05) is 0 Å². The number of nitrogens with two attached hydrogens (primary N) is 1. The zero-order chi connectivity index (χ0) is 9.46. The molecule has 1 saturated carbocycles. The van der Waals surface area contributed by atoms with Gasteiger partial charge < -0.3 is 31.3 Å². The minimum Gasteiger partial charge on any atom is -0.389 e. The monoisotopic (exact) mass is 179 g/mol. The Morgan fingerprint density at radius 3 is 1.17 bits per heavy atom. The first-order chi connectivity index (χ1) is 5.46. The minimum absolute atomic E-state index is 1.14. The van der Waals surface area contributed by atoms with E-state index < -0.39 is 36.6 Å². The van der Waals surface area contributed by atoms with Crippen molar-refractivity contribution in [1.29, 1.82) is 0 Å². The van der Waals surface area contributed by atoms with Gasteiger partial charge >= 0.3 is 0 Å². The van der Waals surface area contributed by atoms with Crippen LogP contribution in [0.4, 0.5) is 0 Å². The Morgan fingerprint density at radius 2 is 0.833 bits per heavy atom. The molecule has 0 bridgehead atoms. The number of aliphatic hydroxyl groups is 5. The van der Waals surface area contributed by atoms with Gasteiger partial charge in [-0.05, 0) is 0 Å². The Balaban J connectivity index is 2.76. The molecule has 1 aliphatic carbocycles. The van der Waals surface area contributed by atoms with Gasteiger partial charge in [0, 0.05) is 0 Å². The average molecular weight is 179 g/mol. The van der Waals surface area contributed by atoms with Gasteiger partial charge in [-0.3, -0.25) is 0 Å². The maximum atomic E-state index is 9.10. The maximum Gasteiger partial charge on any atom is 0.111 e. The first kappa shape index (κ1) is 9.85. The lowest BCUT2D eigenvalue weighted by Gasteiger charge is -2.40. The van der Waals surface area contributed by atoms with E-state index in [4.69, 9.17) is 31.3 Å². The quantitative estimate of drug-likeness (QED) is 0.226. The van der Waals surface area contributed by atoms with Crippen LogP contribution in [0.1, 0.15) is 0 Å². The van der Waals surface area contributed by atoms with E-state index >= 15 is 0 Å². The predicted molar refractivity (Wildman–Crippen MR) is 38.0 cm³/mol.